The monoisotopic (exact) mass is 356 g/mol. The second-order valence-electron chi connectivity index (χ2n) is 10.1. The first-order valence-corrected chi connectivity index (χ1v) is 11.4. The molecule has 3 aliphatic rings. The van der Waals surface area contributed by atoms with Crippen molar-refractivity contribution >= 4 is 0 Å². The van der Waals surface area contributed by atoms with Crippen LogP contribution in [0.15, 0.2) is 24.3 Å². The molecule has 1 aromatic rings. The van der Waals surface area contributed by atoms with Crippen molar-refractivity contribution in [3.8, 4) is 0 Å². The second kappa shape index (κ2) is 8.03. The maximum atomic E-state index is 13.2. The molecule has 0 spiro atoms. The van der Waals surface area contributed by atoms with Crippen molar-refractivity contribution in [3.63, 3.8) is 0 Å². The van der Waals surface area contributed by atoms with Gasteiger partial charge in [0.1, 0.15) is 5.82 Å². The van der Waals surface area contributed by atoms with E-state index < -0.39 is 0 Å². The highest BCUT2D eigenvalue weighted by Gasteiger charge is 2.39. The molecule has 3 aliphatic carbocycles. The van der Waals surface area contributed by atoms with Gasteiger partial charge in [-0.3, -0.25) is 0 Å². The fourth-order valence-corrected chi connectivity index (χ4v) is 6.65. The van der Waals surface area contributed by atoms with E-state index in [1.165, 1.54) is 69.8 Å². The zero-order chi connectivity index (χ0) is 18.1. The summed E-state index contributed by atoms with van der Waals surface area (Å²) in [5.74, 6) is 6.50. The van der Waals surface area contributed by atoms with E-state index in [0.29, 0.717) is 5.92 Å². The Morgan fingerprint density at radius 1 is 0.692 bits per heavy atom. The van der Waals surface area contributed by atoms with E-state index in [0.717, 1.165) is 35.5 Å². The van der Waals surface area contributed by atoms with Crippen molar-refractivity contribution in [2.24, 2.45) is 35.5 Å². The van der Waals surface area contributed by atoms with E-state index in [4.69, 9.17) is 0 Å². The predicted octanol–water partition coefficient (Wildman–Crippen LogP) is 7.59. The Labute approximate surface area is 160 Å². The maximum Gasteiger partial charge on any atom is 0.123 e. The van der Waals surface area contributed by atoms with Crippen LogP contribution >= 0.6 is 0 Å². The van der Waals surface area contributed by atoms with Gasteiger partial charge in [-0.05, 0) is 123 Å². The lowest BCUT2D eigenvalue weighted by atomic mass is 9.60. The quantitative estimate of drug-likeness (QED) is 0.523. The van der Waals surface area contributed by atoms with Crippen molar-refractivity contribution in [1.82, 2.24) is 0 Å². The molecule has 1 heteroatoms. The third-order valence-corrected chi connectivity index (χ3v) is 8.42. The van der Waals surface area contributed by atoms with Gasteiger partial charge in [-0.2, -0.15) is 0 Å². The second-order valence-corrected chi connectivity index (χ2v) is 10.1. The zero-order valence-corrected chi connectivity index (χ0v) is 16.8. The summed E-state index contributed by atoms with van der Waals surface area (Å²) in [5, 5.41) is 0. The van der Waals surface area contributed by atoms with Crippen LogP contribution in [0.3, 0.4) is 0 Å². The number of benzene rings is 1. The highest BCUT2D eigenvalue weighted by Crippen LogP contribution is 2.50. The lowest BCUT2D eigenvalue weighted by Crippen LogP contribution is -2.35. The minimum absolute atomic E-state index is 0.105. The predicted molar refractivity (Wildman–Crippen MR) is 108 cm³/mol. The summed E-state index contributed by atoms with van der Waals surface area (Å²) in [6.07, 6.45) is 14.5. The number of hydrogen-bond donors (Lipinski definition) is 0. The first kappa shape index (κ1) is 18.5. The number of halogens is 1. The molecule has 0 unspecified atom stereocenters. The molecule has 144 valence electrons. The third kappa shape index (κ3) is 4.02. The summed E-state index contributed by atoms with van der Waals surface area (Å²) in [7, 11) is 0. The Hall–Kier alpha value is -0.850. The highest BCUT2D eigenvalue weighted by atomic mass is 19.1. The van der Waals surface area contributed by atoms with Crippen LogP contribution < -0.4 is 0 Å². The topological polar surface area (TPSA) is 0 Å². The summed E-state index contributed by atoms with van der Waals surface area (Å²) in [6.45, 7) is 4.85. The van der Waals surface area contributed by atoms with Gasteiger partial charge in [0.15, 0.2) is 0 Å². The standard InChI is InChI=1S/C25H37F/c1-17(2)21-7-8-24-16-22(9-10-23(24)15-21)20-5-3-18(4-6-20)19-11-13-25(26)14-12-19/h11-14,17-18,20-24H,3-10,15-16H2,1-2H3/t18?,20?,21-,22+,23-,24+/m0/s1. The van der Waals surface area contributed by atoms with Gasteiger partial charge >= 0.3 is 0 Å². The summed E-state index contributed by atoms with van der Waals surface area (Å²) in [4.78, 5) is 0. The van der Waals surface area contributed by atoms with Crippen LogP contribution in [-0.2, 0) is 0 Å². The van der Waals surface area contributed by atoms with Gasteiger partial charge in [0, 0.05) is 0 Å². The normalized spacial score (nSPS) is 38.2. The van der Waals surface area contributed by atoms with E-state index in [2.05, 4.69) is 13.8 Å². The molecule has 4 atom stereocenters. The van der Waals surface area contributed by atoms with Crippen molar-refractivity contribution < 1.29 is 4.39 Å². The lowest BCUT2D eigenvalue weighted by molar-refractivity contribution is 0.0534. The maximum absolute atomic E-state index is 13.2. The summed E-state index contributed by atoms with van der Waals surface area (Å²) in [6, 6.07) is 7.30. The molecular formula is C25H37F. The Bertz CT molecular complexity index is 566. The van der Waals surface area contributed by atoms with E-state index in [1.807, 2.05) is 12.1 Å². The molecular weight excluding hydrogens is 319 g/mol. The minimum Gasteiger partial charge on any atom is -0.207 e. The first-order chi connectivity index (χ1) is 12.6. The van der Waals surface area contributed by atoms with Crippen molar-refractivity contribution in [3.05, 3.63) is 35.6 Å². The van der Waals surface area contributed by atoms with E-state index in [-0.39, 0.29) is 5.82 Å². The number of rotatable bonds is 3. The van der Waals surface area contributed by atoms with E-state index >= 15 is 0 Å². The van der Waals surface area contributed by atoms with Gasteiger partial charge in [-0.25, -0.2) is 4.39 Å². The molecule has 0 aromatic heterocycles. The lowest BCUT2D eigenvalue weighted by Gasteiger charge is -2.46. The minimum atomic E-state index is -0.105. The molecule has 0 bridgehead atoms. The fraction of sp³-hybridized carbons (Fsp3) is 0.760. The Balaban J connectivity index is 1.29. The van der Waals surface area contributed by atoms with Crippen LogP contribution in [0.1, 0.15) is 89.5 Å². The molecule has 0 saturated heterocycles. The average Bonchev–Trinajstić information content (AvgIpc) is 2.68. The summed E-state index contributed by atoms with van der Waals surface area (Å²) in [5.41, 5.74) is 1.36. The molecule has 0 aliphatic heterocycles. The van der Waals surface area contributed by atoms with Crippen LogP contribution in [0, 0.1) is 41.3 Å². The first-order valence-electron chi connectivity index (χ1n) is 11.4. The SMILES string of the molecule is CC(C)[C@H]1CC[C@@H]2C[C@H](C3CCC(c4ccc(F)cc4)CC3)CC[C@H]2C1. The molecule has 1 aromatic carbocycles. The van der Waals surface area contributed by atoms with Crippen LogP contribution in [0.5, 0.6) is 0 Å². The van der Waals surface area contributed by atoms with Crippen molar-refractivity contribution in [2.45, 2.75) is 84.0 Å². The highest BCUT2D eigenvalue weighted by molar-refractivity contribution is 5.21. The molecule has 0 radical (unpaired) electrons. The largest absolute Gasteiger partial charge is 0.207 e. The van der Waals surface area contributed by atoms with Crippen LogP contribution in [-0.4, -0.2) is 0 Å². The van der Waals surface area contributed by atoms with Crippen LogP contribution in [0.4, 0.5) is 4.39 Å². The van der Waals surface area contributed by atoms with Gasteiger partial charge < -0.3 is 0 Å². The van der Waals surface area contributed by atoms with Gasteiger partial charge in [0.25, 0.3) is 0 Å². The Morgan fingerprint density at radius 3 is 1.88 bits per heavy atom. The van der Waals surface area contributed by atoms with Gasteiger partial charge in [0.05, 0.1) is 0 Å². The van der Waals surface area contributed by atoms with E-state index in [1.54, 1.807) is 12.1 Å². The Morgan fingerprint density at radius 2 is 1.23 bits per heavy atom. The van der Waals surface area contributed by atoms with Gasteiger partial charge in [0.2, 0.25) is 0 Å². The van der Waals surface area contributed by atoms with Crippen molar-refractivity contribution in [1.29, 1.82) is 0 Å². The third-order valence-electron chi connectivity index (χ3n) is 8.42. The molecule has 3 saturated carbocycles. The molecule has 0 N–H and O–H groups in total. The zero-order valence-electron chi connectivity index (χ0n) is 16.8. The Kier molecular flexibility index (Phi) is 5.72. The smallest absolute Gasteiger partial charge is 0.123 e. The van der Waals surface area contributed by atoms with Crippen LogP contribution in [0.2, 0.25) is 0 Å². The number of fused-ring (bicyclic) bond motifs is 1. The van der Waals surface area contributed by atoms with Gasteiger partial charge in [-0.15, -0.1) is 0 Å². The molecule has 0 amide bonds. The summed E-state index contributed by atoms with van der Waals surface area (Å²) >= 11 is 0. The molecule has 0 heterocycles. The van der Waals surface area contributed by atoms with Gasteiger partial charge in [-0.1, -0.05) is 26.0 Å². The molecule has 0 nitrogen and oxygen atoms in total. The van der Waals surface area contributed by atoms with Crippen LogP contribution in [0.25, 0.3) is 0 Å². The molecule has 3 fully saturated rings. The van der Waals surface area contributed by atoms with E-state index in [9.17, 15) is 4.39 Å². The molecule has 4 rings (SSSR count). The summed E-state index contributed by atoms with van der Waals surface area (Å²) < 4.78 is 13.2. The average molecular weight is 357 g/mol. The van der Waals surface area contributed by atoms with Crippen molar-refractivity contribution in [2.75, 3.05) is 0 Å². The molecule has 26 heavy (non-hydrogen) atoms. The number of hydrogen-bond acceptors (Lipinski definition) is 0. The fourth-order valence-electron chi connectivity index (χ4n) is 6.65.